The Kier molecular flexibility index (Phi) is 4.40. The monoisotopic (exact) mass is 399 g/mol. The first-order valence-electron chi connectivity index (χ1n) is 9.87. The van der Waals surface area contributed by atoms with E-state index in [4.69, 9.17) is 4.74 Å². The zero-order valence-corrected chi connectivity index (χ0v) is 16.9. The molecule has 2 unspecified atom stereocenters. The zero-order valence-electron chi connectivity index (χ0n) is 16.9. The molecule has 2 fully saturated rings. The van der Waals surface area contributed by atoms with Gasteiger partial charge in [0.1, 0.15) is 11.6 Å². The first-order chi connectivity index (χ1) is 13.6. The van der Waals surface area contributed by atoms with Crippen LogP contribution in [0.4, 0.5) is 10.5 Å². The van der Waals surface area contributed by atoms with E-state index in [-0.39, 0.29) is 31.2 Å². The molecule has 0 aliphatic carbocycles. The number of carbonyl (C=O) groups is 4. The number of anilines is 1. The van der Waals surface area contributed by atoms with Crippen LogP contribution in [0.1, 0.15) is 45.6 Å². The van der Waals surface area contributed by atoms with Gasteiger partial charge in [-0.25, -0.2) is 4.79 Å². The van der Waals surface area contributed by atoms with E-state index in [0.717, 1.165) is 5.56 Å². The number of benzene rings is 1. The molecule has 3 heterocycles. The second kappa shape index (κ2) is 6.57. The van der Waals surface area contributed by atoms with Crippen LogP contribution in [0.15, 0.2) is 24.3 Å². The molecular weight excluding hydrogens is 374 g/mol. The molecule has 3 aliphatic rings. The molecule has 4 amide bonds. The minimum absolute atomic E-state index is 0.194. The summed E-state index contributed by atoms with van der Waals surface area (Å²) in [5.41, 5.74) is -0.0166. The lowest BCUT2D eigenvalue weighted by molar-refractivity contribution is -0.136. The second-order valence-electron chi connectivity index (χ2n) is 8.89. The van der Waals surface area contributed by atoms with Crippen LogP contribution in [-0.4, -0.2) is 53.4 Å². The van der Waals surface area contributed by atoms with Gasteiger partial charge in [-0.15, -0.1) is 0 Å². The summed E-state index contributed by atoms with van der Waals surface area (Å²) in [5, 5.41) is 2.33. The van der Waals surface area contributed by atoms with Gasteiger partial charge in [0.15, 0.2) is 0 Å². The molecule has 3 aliphatic heterocycles. The number of carbonyl (C=O) groups excluding carboxylic acids is 4. The summed E-state index contributed by atoms with van der Waals surface area (Å²) in [6, 6.07) is 6.67. The van der Waals surface area contributed by atoms with E-state index in [1.807, 2.05) is 24.3 Å². The van der Waals surface area contributed by atoms with Crippen molar-refractivity contribution in [3.8, 4) is 0 Å². The maximum Gasteiger partial charge on any atom is 0.410 e. The Balaban J connectivity index is 1.66. The van der Waals surface area contributed by atoms with Gasteiger partial charge in [0, 0.05) is 25.2 Å². The van der Waals surface area contributed by atoms with Crippen molar-refractivity contribution < 1.29 is 23.9 Å². The molecular formula is C21H25N3O5. The molecule has 0 radical (unpaired) electrons. The molecule has 29 heavy (non-hydrogen) atoms. The Morgan fingerprint density at radius 2 is 1.93 bits per heavy atom. The van der Waals surface area contributed by atoms with Crippen LogP contribution in [-0.2, 0) is 24.5 Å². The van der Waals surface area contributed by atoms with E-state index in [2.05, 4.69) is 5.32 Å². The molecule has 8 nitrogen and oxygen atoms in total. The van der Waals surface area contributed by atoms with Crippen LogP contribution >= 0.6 is 0 Å². The lowest BCUT2D eigenvalue weighted by Gasteiger charge is -2.31. The van der Waals surface area contributed by atoms with Crippen LogP contribution in [0.25, 0.3) is 0 Å². The van der Waals surface area contributed by atoms with E-state index in [9.17, 15) is 19.2 Å². The van der Waals surface area contributed by atoms with Crippen molar-refractivity contribution in [3.63, 3.8) is 0 Å². The Morgan fingerprint density at radius 1 is 1.21 bits per heavy atom. The van der Waals surface area contributed by atoms with Crippen molar-refractivity contribution in [1.29, 1.82) is 0 Å². The number of nitrogens with zero attached hydrogens (tertiary/aromatic N) is 2. The number of ether oxygens (including phenoxy) is 1. The van der Waals surface area contributed by atoms with Crippen molar-refractivity contribution in [2.75, 3.05) is 18.0 Å². The largest absolute Gasteiger partial charge is 0.444 e. The highest BCUT2D eigenvalue weighted by Crippen LogP contribution is 2.48. The smallest absolute Gasteiger partial charge is 0.410 e. The number of nitrogens with one attached hydrogen (secondary N) is 1. The normalized spacial score (nSPS) is 26.7. The van der Waals surface area contributed by atoms with E-state index < -0.39 is 29.1 Å². The number of fused-ring (bicyclic) bond motifs is 2. The topological polar surface area (TPSA) is 96.0 Å². The van der Waals surface area contributed by atoms with Gasteiger partial charge < -0.3 is 9.64 Å². The third-order valence-corrected chi connectivity index (χ3v) is 5.75. The summed E-state index contributed by atoms with van der Waals surface area (Å²) >= 11 is 0. The Labute approximate surface area is 169 Å². The van der Waals surface area contributed by atoms with Gasteiger partial charge in [0.25, 0.3) is 0 Å². The fourth-order valence-electron chi connectivity index (χ4n) is 4.47. The fraction of sp³-hybridized carbons (Fsp3) is 0.524. The van der Waals surface area contributed by atoms with Crippen LogP contribution in [0.2, 0.25) is 0 Å². The molecule has 2 saturated heterocycles. The van der Waals surface area contributed by atoms with E-state index >= 15 is 0 Å². The highest BCUT2D eigenvalue weighted by molar-refractivity contribution is 6.14. The number of hydrogen-bond donors (Lipinski definition) is 1. The third kappa shape index (κ3) is 3.16. The van der Waals surface area contributed by atoms with Gasteiger partial charge >= 0.3 is 6.09 Å². The lowest BCUT2D eigenvalue weighted by Crippen LogP contribution is -2.56. The number of para-hydroxylation sites is 1. The standard InChI is InChI=1S/C21H25N3O5/c1-20(2,3)29-19(28)23-11-10-21(12-23)13-6-4-5-7-14(13)24(18(21)27)15-8-9-16(25)22-17(15)26/h4-7,15H,8-12H2,1-3H3,(H,22,25,26). The molecule has 1 aromatic rings. The van der Waals surface area contributed by atoms with Crippen molar-refractivity contribution in [1.82, 2.24) is 10.2 Å². The lowest BCUT2D eigenvalue weighted by atomic mass is 9.81. The SMILES string of the molecule is CC(C)(C)OC(=O)N1CCC2(C1)C(=O)N(C1CCC(=O)NC1=O)c1ccccc12. The van der Waals surface area contributed by atoms with Gasteiger partial charge in [0.2, 0.25) is 17.7 Å². The van der Waals surface area contributed by atoms with Gasteiger partial charge in [-0.05, 0) is 45.2 Å². The molecule has 1 N–H and O–H groups in total. The summed E-state index contributed by atoms with van der Waals surface area (Å²) in [5.74, 6) is -0.972. The number of piperidine rings is 1. The predicted octanol–water partition coefficient (Wildman–Crippen LogP) is 1.72. The highest BCUT2D eigenvalue weighted by atomic mass is 16.6. The molecule has 4 rings (SSSR count). The number of hydrogen-bond acceptors (Lipinski definition) is 5. The highest BCUT2D eigenvalue weighted by Gasteiger charge is 2.57. The van der Waals surface area contributed by atoms with Gasteiger partial charge in [-0.3, -0.25) is 24.6 Å². The minimum Gasteiger partial charge on any atom is -0.444 e. The van der Waals surface area contributed by atoms with Crippen LogP contribution < -0.4 is 10.2 Å². The predicted molar refractivity (Wildman–Crippen MR) is 104 cm³/mol. The average Bonchev–Trinajstić information content (AvgIpc) is 3.18. The van der Waals surface area contributed by atoms with Crippen molar-refractivity contribution in [3.05, 3.63) is 29.8 Å². The van der Waals surface area contributed by atoms with Crippen molar-refractivity contribution in [2.24, 2.45) is 0 Å². The molecule has 1 aromatic carbocycles. The quantitative estimate of drug-likeness (QED) is 0.726. The van der Waals surface area contributed by atoms with Gasteiger partial charge in [0.05, 0.1) is 5.41 Å². The average molecular weight is 399 g/mol. The van der Waals surface area contributed by atoms with Crippen LogP contribution in [0.3, 0.4) is 0 Å². The Morgan fingerprint density at radius 3 is 2.62 bits per heavy atom. The fourth-order valence-corrected chi connectivity index (χ4v) is 4.47. The van der Waals surface area contributed by atoms with E-state index in [1.54, 1.807) is 25.7 Å². The zero-order chi connectivity index (χ0) is 21.0. The van der Waals surface area contributed by atoms with Gasteiger partial charge in [-0.1, -0.05) is 18.2 Å². The maximum atomic E-state index is 13.6. The minimum atomic E-state index is -0.894. The molecule has 2 atom stereocenters. The number of rotatable bonds is 1. The van der Waals surface area contributed by atoms with Crippen LogP contribution in [0, 0.1) is 0 Å². The Hall–Kier alpha value is -2.90. The Bertz CT molecular complexity index is 906. The molecule has 154 valence electrons. The van der Waals surface area contributed by atoms with Gasteiger partial charge in [-0.2, -0.15) is 0 Å². The number of likely N-dealkylation sites (tertiary alicyclic amines) is 1. The molecule has 0 saturated carbocycles. The van der Waals surface area contributed by atoms with E-state index in [0.29, 0.717) is 18.7 Å². The summed E-state index contributed by atoms with van der Waals surface area (Å²) in [7, 11) is 0. The summed E-state index contributed by atoms with van der Waals surface area (Å²) in [4.78, 5) is 53.3. The van der Waals surface area contributed by atoms with Crippen molar-refractivity contribution in [2.45, 2.75) is 57.1 Å². The summed E-state index contributed by atoms with van der Waals surface area (Å²) in [6.45, 7) is 6.02. The first-order valence-corrected chi connectivity index (χ1v) is 9.87. The third-order valence-electron chi connectivity index (χ3n) is 5.75. The van der Waals surface area contributed by atoms with Crippen LogP contribution in [0.5, 0.6) is 0 Å². The second-order valence-corrected chi connectivity index (χ2v) is 8.89. The molecule has 8 heteroatoms. The maximum absolute atomic E-state index is 13.6. The molecule has 0 aromatic heterocycles. The molecule has 1 spiro atoms. The first kappa shape index (κ1) is 19.4. The number of imide groups is 1. The number of amides is 4. The summed E-state index contributed by atoms with van der Waals surface area (Å²) < 4.78 is 5.48. The van der Waals surface area contributed by atoms with E-state index in [1.165, 1.54) is 4.90 Å². The summed E-state index contributed by atoms with van der Waals surface area (Å²) in [6.07, 6.45) is 0.501. The van der Waals surface area contributed by atoms with Crippen molar-refractivity contribution >= 4 is 29.5 Å². The molecule has 0 bridgehead atoms.